The molecule has 0 saturated carbocycles. The van der Waals surface area contributed by atoms with E-state index >= 15 is 0 Å². The van der Waals surface area contributed by atoms with Gasteiger partial charge in [0.1, 0.15) is 10.6 Å². The number of para-hydroxylation sites is 1. The number of methoxy groups -OCH3 is 1. The van der Waals surface area contributed by atoms with Gasteiger partial charge in [-0.1, -0.05) is 18.2 Å². The zero-order valence-electron chi connectivity index (χ0n) is 8.64. The summed E-state index contributed by atoms with van der Waals surface area (Å²) < 4.78 is 5.22. The lowest BCUT2D eigenvalue weighted by atomic mass is 10.1. The Morgan fingerprint density at radius 2 is 2.00 bits per heavy atom. The quantitative estimate of drug-likeness (QED) is 0.887. The SMILES string of the molecule is COc1ccccc1-c1ccsc1C(=O)O. The summed E-state index contributed by atoms with van der Waals surface area (Å²) in [6.45, 7) is 0. The summed E-state index contributed by atoms with van der Waals surface area (Å²) in [6, 6.07) is 9.19. The Balaban J connectivity index is 2.58. The fraction of sp³-hybridized carbons (Fsp3) is 0.0833. The van der Waals surface area contributed by atoms with E-state index in [1.165, 1.54) is 11.3 Å². The fourth-order valence-corrected chi connectivity index (χ4v) is 2.30. The molecule has 82 valence electrons. The van der Waals surface area contributed by atoms with Gasteiger partial charge in [-0.25, -0.2) is 4.79 Å². The Hall–Kier alpha value is -1.81. The monoisotopic (exact) mass is 234 g/mol. The van der Waals surface area contributed by atoms with Gasteiger partial charge in [0.25, 0.3) is 0 Å². The van der Waals surface area contributed by atoms with E-state index < -0.39 is 5.97 Å². The standard InChI is InChI=1S/C12H10O3S/c1-15-10-5-3-2-4-8(10)9-6-7-16-11(9)12(13)14/h2-7H,1H3,(H,13,14). The summed E-state index contributed by atoms with van der Waals surface area (Å²) in [5, 5.41) is 10.8. The molecule has 0 aliphatic rings. The first-order chi connectivity index (χ1) is 7.74. The number of rotatable bonds is 3. The largest absolute Gasteiger partial charge is 0.496 e. The molecule has 2 rings (SSSR count). The van der Waals surface area contributed by atoms with E-state index in [4.69, 9.17) is 9.84 Å². The normalized spacial score (nSPS) is 10.1. The van der Waals surface area contributed by atoms with Crippen molar-refractivity contribution in [3.8, 4) is 16.9 Å². The number of hydrogen-bond acceptors (Lipinski definition) is 3. The highest BCUT2D eigenvalue weighted by Gasteiger charge is 2.15. The summed E-state index contributed by atoms with van der Waals surface area (Å²) >= 11 is 1.22. The van der Waals surface area contributed by atoms with Crippen molar-refractivity contribution in [3.63, 3.8) is 0 Å². The number of carbonyl (C=O) groups is 1. The average Bonchev–Trinajstić information content (AvgIpc) is 2.77. The van der Waals surface area contributed by atoms with Crippen molar-refractivity contribution in [1.29, 1.82) is 0 Å². The summed E-state index contributed by atoms with van der Waals surface area (Å²) in [5.74, 6) is -0.223. The minimum Gasteiger partial charge on any atom is -0.496 e. The van der Waals surface area contributed by atoms with Gasteiger partial charge in [0.15, 0.2) is 0 Å². The number of carboxylic acids is 1. The zero-order chi connectivity index (χ0) is 11.5. The van der Waals surface area contributed by atoms with E-state index in [9.17, 15) is 4.79 Å². The minimum absolute atomic E-state index is 0.338. The van der Waals surface area contributed by atoms with Crippen LogP contribution < -0.4 is 4.74 Å². The Morgan fingerprint density at radius 3 is 2.69 bits per heavy atom. The first-order valence-electron chi connectivity index (χ1n) is 4.68. The van der Waals surface area contributed by atoms with Crippen LogP contribution in [0.25, 0.3) is 11.1 Å². The first kappa shape index (κ1) is 10.7. The van der Waals surface area contributed by atoms with Crippen LogP contribution in [-0.4, -0.2) is 18.2 Å². The first-order valence-corrected chi connectivity index (χ1v) is 5.56. The molecule has 0 radical (unpaired) electrons. The molecule has 0 spiro atoms. The van der Waals surface area contributed by atoms with Gasteiger partial charge in [0, 0.05) is 11.1 Å². The van der Waals surface area contributed by atoms with Crippen LogP contribution in [0.5, 0.6) is 5.75 Å². The molecular weight excluding hydrogens is 224 g/mol. The molecule has 0 amide bonds. The number of ether oxygens (including phenoxy) is 1. The van der Waals surface area contributed by atoms with Gasteiger partial charge in [-0.3, -0.25) is 0 Å². The number of hydrogen-bond donors (Lipinski definition) is 1. The molecule has 16 heavy (non-hydrogen) atoms. The van der Waals surface area contributed by atoms with Gasteiger partial charge in [-0.2, -0.15) is 0 Å². The third-order valence-electron chi connectivity index (χ3n) is 2.26. The Morgan fingerprint density at radius 1 is 1.25 bits per heavy atom. The molecule has 0 atom stereocenters. The topological polar surface area (TPSA) is 46.5 Å². The maximum Gasteiger partial charge on any atom is 0.346 e. The number of thiophene rings is 1. The molecule has 2 aromatic rings. The van der Waals surface area contributed by atoms with Crippen LogP contribution in [0.3, 0.4) is 0 Å². The van der Waals surface area contributed by atoms with E-state index in [2.05, 4.69) is 0 Å². The smallest absolute Gasteiger partial charge is 0.346 e. The third kappa shape index (κ3) is 1.79. The van der Waals surface area contributed by atoms with Crippen molar-refractivity contribution in [3.05, 3.63) is 40.6 Å². The lowest BCUT2D eigenvalue weighted by Crippen LogP contribution is -1.95. The maximum atomic E-state index is 11.0. The average molecular weight is 234 g/mol. The van der Waals surface area contributed by atoms with Gasteiger partial charge in [-0.15, -0.1) is 11.3 Å². The maximum absolute atomic E-state index is 11.0. The van der Waals surface area contributed by atoms with Gasteiger partial charge < -0.3 is 9.84 Å². The van der Waals surface area contributed by atoms with Crippen molar-refractivity contribution in [1.82, 2.24) is 0 Å². The molecule has 1 heterocycles. The van der Waals surface area contributed by atoms with E-state index in [-0.39, 0.29) is 0 Å². The molecule has 1 aromatic heterocycles. The molecular formula is C12H10O3S. The van der Waals surface area contributed by atoms with Crippen LogP contribution in [0.15, 0.2) is 35.7 Å². The molecule has 3 nitrogen and oxygen atoms in total. The summed E-state index contributed by atoms with van der Waals surface area (Å²) in [4.78, 5) is 11.4. The van der Waals surface area contributed by atoms with Crippen LogP contribution in [0.1, 0.15) is 9.67 Å². The van der Waals surface area contributed by atoms with Crippen molar-refractivity contribution < 1.29 is 14.6 Å². The molecule has 0 aliphatic carbocycles. The molecule has 0 aliphatic heterocycles. The molecule has 1 N–H and O–H groups in total. The van der Waals surface area contributed by atoms with Crippen molar-refractivity contribution >= 4 is 17.3 Å². The van der Waals surface area contributed by atoms with Gasteiger partial charge in [0.2, 0.25) is 0 Å². The highest BCUT2D eigenvalue weighted by Crippen LogP contribution is 2.34. The molecule has 0 fully saturated rings. The van der Waals surface area contributed by atoms with Crippen LogP contribution >= 0.6 is 11.3 Å². The second-order valence-electron chi connectivity index (χ2n) is 3.17. The highest BCUT2D eigenvalue weighted by molar-refractivity contribution is 7.12. The summed E-state index contributed by atoms with van der Waals surface area (Å²) in [5.41, 5.74) is 1.51. The van der Waals surface area contributed by atoms with Crippen LogP contribution in [0.2, 0.25) is 0 Å². The molecule has 0 bridgehead atoms. The Kier molecular flexibility index (Phi) is 2.92. The van der Waals surface area contributed by atoms with E-state index in [1.54, 1.807) is 18.6 Å². The van der Waals surface area contributed by atoms with E-state index in [0.29, 0.717) is 16.2 Å². The molecule has 0 unspecified atom stereocenters. The number of aromatic carboxylic acids is 1. The minimum atomic E-state index is -0.907. The summed E-state index contributed by atoms with van der Waals surface area (Å²) in [7, 11) is 1.58. The number of carboxylic acid groups (broad SMARTS) is 1. The molecule has 0 saturated heterocycles. The predicted octanol–water partition coefficient (Wildman–Crippen LogP) is 3.12. The van der Waals surface area contributed by atoms with Gasteiger partial charge >= 0.3 is 5.97 Å². The highest BCUT2D eigenvalue weighted by atomic mass is 32.1. The van der Waals surface area contributed by atoms with Crippen LogP contribution in [-0.2, 0) is 0 Å². The van der Waals surface area contributed by atoms with Crippen molar-refractivity contribution in [2.75, 3.05) is 7.11 Å². The summed E-state index contributed by atoms with van der Waals surface area (Å²) in [6.07, 6.45) is 0. The van der Waals surface area contributed by atoms with E-state index in [1.807, 2.05) is 24.3 Å². The van der Waals surface area contributed by atoms with Crippen LogP contribution in [0, 0.1) is 0 Å². The van der Waals surface area contributed by atoms with Gasteiger partial charge in [0.05, 0.1) is 7.11 Å². The van der Waals surface area contributed by atoms with Crippen molar-refractivity contribution in [2.24, 2.45) is 0 Å². The second kappa shape index (κ2) is 4.37. The molecule has 4 heteroatoms. The number of benzene rings is 1. The van der Waals surface area contributed by atoms with Crippen molar-refractivity contribution in [2.45, 2.75) is 0 Å². The fourth-order valence-electron chi connectivity index (χ4n) is 1.55. The Bertz CT molecular complexity index is 516. The van der Waals surface area contributed by atoms with Gasteiger partial charge in [-0.05, 0) is 17.5 Å². The third-order valence-corrected chi connectivity index (χ3v) is 3.16. The van der Waals surface area contributed by atoms with Crippen LogP contribution in [0.4, 0.5) is 0 Å². The molecule has 1 aromatic carbocycles. The Labute approximate surface area is 96.9 Å². The second-order valence-corrected chi connectivity index (χ2v) is 4.08. The lowest BCUT2D eigenvalue weighted by Gasteiger charge is -2.07. The predicted molar refractivity (Wildman–Crippen MR) is 63.3 cm³/mol. The zero-order valence-corrected chi connectivity index (χ0v) is 9.45. The van der Waals surface area contributed by atoms with E-state index in [0.717, 1.165) is 5.56 Å². The lowest BCUT2D eigenvalue weighted by molar-refractivity contribution is 0.0703.